The van der Waals surface area contributed by atoms with Crippen LogP contribution in [0.5, 0.6) is 5.75 Å². The largest absolute Gasteiger partial charge is 0.497 e. The van der Waals surface area contributed by atoms with Crippen LogP contribution in [0.3, 0.4) is 0 Å². The standard InChI is InChI=1S/C16H22F3N3O.HI/c1-23-13-8-7-11(14(9-13)16(17,18)19)10-21-15(20)22-12-5-3-2-4-6-12;/h7-9,12H,2-6,10H2,1H3,(H3,20,21,22);1H. The van der Waals surface area contributed by atoms with Gasteiger partial charge >= 0.3 is 6.18 Å². The minimum atomic E-state index is -4.45. The van der Waals surface area contributed by atoms with E-state index in [1.54, 1.807) is 0 Å². The van der Waals surface area contributed by atoms with Crippen LogP contribution in [0.2, 0.25) is 0 Å². The smallest absolute Gasteiger partial charge is 0.416 e. The van der Waals surface area contributed by atoms with Crippen LogP contribution in [-0.4, -0.2) is 19.1 Å². The van der Waals surface area contributed by atoms with Gasteiger partial charge in [-0.15, -0.1) is 24.0 Å². The third-order valence-corrected chi connectivity index (χ3v) is 4.00. The van der Waals surface area contributed by atoms with Crippen LogP contribution in [0, 0.1) is 0 Å². The molecule has 1 saturated carbocycles. The first-order valence-corrected chi connectivity index (χ1v) is 7.70. The third-order valence-electron chi connectivity index (χ3n) is 4.00. The van der Waals surface area contributed by atoms with Crippen molar-refractivity contribution in [3.8, 4) is 5.75 Å². The first kappa shape index (κ1) is 20.9. The Labute approximate surface area is 157 Å². The maximum atomic E-state index is 13.1. The van der Waals surface area contributed by atoms with Crippen LogP contribution < -0.4 is 15.8 Å². The molecule has 8 heteroatoms. The van der Waals surface area contributed by atoms with Gasteiger partial charge < -0.3 is 15.8 Å². The summed E-state index contributed by atoms with van der Waals surface area (Å²) in [5.41, 5.74) is 5.13. The van der Waals surface area contributed by atoms with Crippen LogP contribution >= 0.6 is 24.0 Å². The molecule has 0 heterocycles. The van der Waals surface area contributed by atoms with E-state index < -0.39 is 11.7 Å². The Morgan fingerprint density at radius 1 is 1.29 bits per heavy atom. The Morgan fingerprint density at radius 3 is 2.54 bits per heavy atom. The van der Waals surface area contributed by atoms with Gasteiger partial charge in [-0.1, -0.05) is 25.3 Å². The molecule has 3 N–H and O–H groups in total. The molecule has 136 valence electrons. The molecule has 1 fully saturated rings. The Kier molecular flexibility index (Phi) is 8.11. The van der Waals surface area contributed by atoms with E-state index in [1.165, 1.54) is 25.7 Å². The Morgan fingerprint density at radius 2 is 1.96 bits per heavy atom. The summed E-state index contributed by atoms with van der Waals surface area (Å²) in [4.78, 5) is 4.06. The number of alkyl halides is 3. The molecule has 0 saturated heterocycles. The fourth-order valence-electron chi connectivity index (χ4n) is 2.76. The van der Waals surface area contributed by atoms with Gasteiger partial charge in [0.15, 0.2) is 5.96 Å². The molecule has 1 aromatic carbocycles. The number of aliphatic imine (C=N–C) groups is 1. The van der Waals surface area contributed by atoms with Crippen molar-refractivity contribution in [2.24, 2.45) is 10.7 Å². The van der Waals surface area contributed by atoms with Crippen molar-refractivity contribution in [2.75, 3.05) is 7.11 Å². The summed E-state index contributed by atoms with van der Waals surface area (Å²) in [5, 5.41) is 3.09. The summed E-state index contributed by atoms with van der Waals surface area (Å²) in [7, 11) is 1.33. The molecule has 0 radical (unpaired) electrons. The summed E-state index contributed by atoms with van der Waals surface area (Å²) >= 11 is 0. The van der Waals surface area contributed by atoms with Crippen molar-refractivity contribution >= 4 is 29.9 Å². The summed E-state index contributed by atoms with van der Waals surface area (Å²) in [6.07, 6.45) is 1.09. The maximum Gasteiger partial charge on any atom is 0.416 e. The highest BCUT2D eigenvalue weighted by Gasteiger charge is 2.33. The van der Waals surface area contributed by atoms with Gasteiger partial charge in [0.25, 0.3) is 0 Å². The molecule has 0 aliphatic heterocycles. The molecule has 0 atom stereocenters. The lowest BCUT2D eigenvalue weighted by Gasteiger charge is -2.23. The van der Waals surface area contributed by atoms with Crippen LogP contribution in [0.4, 0.5) is 13.2 Å². The minimum absolute atomic E-state index is 0. The average molecular weight is 457 g/mol. The highest BCUT2D eigenvalue weighted by Crippen LogP contribution is 2.34. The van der Waals surface area contributed by atoms with E-state index in [1.807, 2.05) is 0 Å². The van der Waals surface area contributed by atoms with Crippen molar-refractivity contribution in [1.29, 1.82) is 0 Å². The van der Waals surface area contributed by atoms with Crippen molar-refractivity contribution < 1.29 is 17.9 Å². The van der Waals surface area contributed by atoms with E-state index in [9.17, 15) is 13.2 Å². The fourth-order valence-corrected chi connectivity index (χ4v) is 2.76. The van der Waals surface area contributed by atoms with Gasteiger partial charge in [-0.2, -0.15) is 13.2 Å². The quantitative estimate of drug-likeness (QED) is 0.407. The molecule has 1 aromatic rings. The topological polar surface area (TPSA) is 59.6 Å². The van der Waals surface area contributed by atoms with Gasteiger partial charge in [-0.3, -0.25) is 0 Å². The number of benzene rings is 1. The van der Waals surface area contributed by atoms with Gasteiger partial charge in [0.05, 0.1) is 19.2 Å². The van der Waals surface area contributed by atoms with Gasteiger partial charge in [-0.05, 0) is 30.5 Å². The molecule has 1 aliphatic carbocycles. The monoisotopic (exact) mass is 457 g/mol. The van der Waals surface area contributed by atoms with E-state index in [0.717, 1.165) is 31.7 Å². The zero-order chi connectivity index (χ0) is 16.9. The van der Waals surface area contributed by atoms with Gasteiger partial charge in [0.2, 0.25) is 0 Å². The zero-order valence-corrected chi connectivity index (χ0v) is 15.9. The lowest BCUT2D eigenvalue weighted by atomic mass is 9.96. The number of nitrogens with two attached hydrogens (primary N) is 1. The molecule has 4 nitrogen and oxygen atoms in total. The molecular formula is C16H23F3IN3O. The lowest BCUT2D eigenvalue weighted by Crippen LogP contribution is -2.41. The van der Waals surface area contributed by atoms with Gasteiger partial charge in [0, 0.05) is 6.04 Å². The molecule has 0 amide bonds. The predicted octanol–water partition coefficient (Wildman–Crippen LogP) is 4.07. The fraction of sp³-hybridized carbons (Fsp3) is 0.562. The third kappa shape index (κ3) is 6.03. The molecule has 0 bridgehead atoms. The van der Waals surface area contributed by atoms with Crippen molar-refractivity contribution in [2.45, 2.75) is 50.9 Å². The summed E-state index contributed by atoms with van der Waals surface area (Å²) in [6.45, 7) is -0.121. The first-order chi connectivity index (χ1) is 10.9. The van der Waals surface area contributed by atoms with Crippen LogP contribution in [0.25, 0.3) is 0 Å². The second-order valence-electron chi connectivity index (χ2n) is 5.70. The van der Waals surface area contributed by atoms with Crippen LogP contribution in [0.15, 0.2) is 23.2 Å². The molecule has 0 spiro atoms. The molecule has 24 heavy (non-hydrogen) atoms. The summed E-state index contributed by atoms with van der Waals surface area (Å²) in [5.74, 6) is 0.360. The number of hydrogen-bond acceptors (Lipinski definition) is 2. The average Bonchev–Trinajstić information content (AvgIpc) is 2.53. The molecular weight excluding hydrogens is 434 g/mol. The van der Waals surface area contributed by atoms with Crippen LogP contribution in [0.1, 0.15) is 43.2 Å². The van der Waals surface area contributed by atoms with E-state index >= 15 is 0 Å². The second kappa shape index (κ2) is 9.33. The highest BCUT2D eigenvalue weighted by atomic mass is 127. The first-order valence-electron chi connectivity index (χ1n) is 7.70. The summed E-state index contributed by atoms with van der Waals surface area (Å²) < 4.78 is 44.2. The van der Waals surface area contributed by atoms with E-state index in [-0.39, 0.29) is 53.8 Å². The van der Waals surface area contributed by atoms with Gasteiger partial charge in [-0.25, -0.2) is 4.99 Å². The van der Waals surface area contributed by atoms with Crippen molar-refractivity contribution in [3.05, 3.63) is 29.3 Å². The van der Waals surface area contributed by atoms with Crippen molar-refractivity contribution in [1.82, 2.24) is 5.32 Å². The normalized spacial score (nSPS) is 16.4. The Bertz CT molecular complexity index is 558. The maximum absolute atomic E-state index is 13.1. The minimum Gasteiger partial charge on any atom is -0.497 e. The van der Waals surface area contributed by atoms with Crippen LogP contribution in [-0.2, 0) is 12.7 Å². The SMILES string of the molecule is COc1ccc(CN=C(N)NC2CCCCC2)c(C(F)(F)F)c1.I. The molecule has 0 unspecified atom stereocenters. The molecule has 0 aromatic heterocycles. The number of halogens is 4. The van der Waals surface area contributed by atoms with E-state index in [2.05, 4.69) is 10.3 Å². The number of rotatable bonds is 4. The highest BCUT2D eigenvalue weighted by molar-refractivity contribution is 14.0. The molecule has 1 aliphatic rings. The second-order valence-corrected chi connectivity index (χ2v) is 5.70. The zero-order valence-electron chi connectivity index (χ0n) is 13.5. The van der Waals surface area contributed by atoms with Crippen molar-refractivity contribution in [3.63, 3.8) is 0 Å². The lowest BCUT2D eigenvalue weighted by molar-refractivity contribution is -0.138. The molecule has 2 rings (SSSR count). The van der Waals surface area contributed by atoms with E-state index in [4.69, 9.17) is 10.5 Å². The number of nitrogens with one attached hydrogen (secondary N) is 1. The number of hydrogen-bond donors (Lipinski definition) is 2. The number of ether oxygens (including phenoxy) is 1. The van der Waals surface area contributed by atoms with E-state index in [0.29, 0.717) is 0 Å². The number of methoxy groups -OCH3 is 1. The predicted molar refractivity (Wildman–Crippen MR) is 98.7 cm³/mol. The summed E-state index contributed by atoms with van der Waals surface area (Å²) in [6, 6.07) is 4.12. The number of nitrogens with zero attached hydrogens (tertiary/aromatic N) is 1. The Balaban J connectivity index is 0.00000288. The number of guanidine groups is 1. The Hall–Kier alpha value is -1.19. The van der Waals surface area contributed by atoms with Gasteiger partial charge in [0.1, 0.15) is 5.75 Å².